The summed E-state index contributed by atoms with van der Waals surface area (Å²) in [5.74, 6) is 2.01. The minimum atomic E-state index is -0.244. The fourth-order valence-electron chi connectivity index (χ4n) is 2.46. The molecule has 3 rings (SSSR count). The predicted molar refractivity (Wildman–Crippen MR) is 101 cm³/mol. The maximum atomic E-state index is 12.9. The summed E-state index contributed by atoms with van der Waals surface area (Å²) >= 11 is 0. The molecule has 2 N–H and O–H groups in total. The molecule has 7 nitrogen and oxygen atoms in total. The van der Waals surface area contributed by atoms with Gasteiger partial charge >= 0.3 is 0 Å². The lowest BCUT2D eigenvalue weighted by atomic mass is 10.1. The Balaban J connectivity index is 1.64. The second-order valence-electron chi connectivity index (χ2n) is 5.66. The third-order valence-corrected chi connectivity index (χ3v) is 3.84. The summed E-state index contributed by atoms with van der Waals surface area (Å²) in [5, 5.41) is 14.2. The molecule has 0 spiro atoms. The molecule has 1 aromatic heterocycles. The van der Waals surface area contributed by atoms with E-state index in [4.69, 9.17) is 9.47 Å². The van der Waals surface area contributed by atoms with Crippen molar-refractivity contribution in [1.29, 1.82) is 0 Å². The van der Waals surface area contributed by atoms with Crippen LogP contribution in [0, 0.1) is 5.82 Å². The van der Waals surface area contributed by atoms with Gasteiger partial charge in [0.15, 0.2) is 5.82 Å². The molecular formula is C19H20FN5O2. The highest BCUT2D eigenvalue weighted by molar-refractivity contribution is 5.66. The van der Waals surface area contributed by atoms with Crippen LogP contribution < -0.4 is 20.1 Å². The molecule has 8 heteroatoms. The van der Waals surface area contributed by atoms with Crippen molar-refractivity contribution in [2.24, 2.45) is 0 Å². The van der Waals surface area contributed by atoms with Gasteiger partial charge in [-0.15, -0.1) is 5.10 Å². The highest BCUT2D eigenvalue weighted by atomic mass is 19.1. The van der Waals surface area contributed by atoms with Crippen molar-refractivity contribution in [3.8, 4) is 11.5 Å². The van der Waals surface area contributed by atoms with Crippen LogP contribution in [0.1, 0.15) is 5.56 Å². The summed E-state index contributed by atoms with van der Waals surface area (Å²) < 4.78 is 23.5. The van der Waals surface area contributed by atoms with Crippen LogP contribution in [0.15, 0.2) is 48.7 Å². The molecule has 0 fully saturated rings. The molecule has 0 aliphatic carbocycles. The van der Waals surface area contributed by atoms with Gasteiger partial charge < -0.3 is 20.1 Å². The van der Waals surface area contributed by atoms with Crippen molar-refractivity contribution in [3.05, 3.63) is 60.0 Å². The van der Waals surface area contributed by atoms with Crippen LogP contribution in [0.5, 0.6) is 11.5 Å². The van der Waals surface area contributed by atoms with Gasteiger partial charge in [0, 0.05) is 12.6 Å². The lowest BCUT2D eigenvalue weighted by molar-refractivity contribution is 0.405. The van der Waals surface area contributed by atoms with Crippen LogP contribution in [0.25, 0.3) is 0 Å². The summed E-state index contributed by atoms with van der Waals surface area (Å²) in [6, 6.07) is 11.8. The average molecular weight is 369 g/mol. The second kappa shape index (κ2) is 8.79. The van der Waals surface area contributed by atoms with E-state index in [9.17, 15) is 4.39 Å². The number of rotatable bonds is 8. The first-order valence-corrected chi connectivity index (χ1v) is 8.35. The van der Waals surface area contributed by atoms with E-state index in [1.54, 1.807) is 32.4 Å². The van der Waals surface area contributed by atoms with Crippen LogP contribution in [-0.2, 0) is 6.42 Å². The Morgan fingerprint density at radius 3 is 2.59 bits per heavy atom. The summed E-state index contributed by atoms with van der Waals surface area (Å²) in [5.41, 5.74) is 1.72. The fraction of sp³-hybridized carbons (Fsp3) is 0.211. The highest BCUT2D eigenvalue weighted by Crippen LogP contribution is 2.30. The lowest BCUT2D eigenvalue weighted by Crippen LogP contribution is -2.10. The Kier molecular flexibility index (Phi) is 5.98. The Labute approximate surface area is 156 Å². The molecule has 0 aliphatic heterocycles. The molecule has 0 atom stereocenters. The third-order valence-electron chi connectivity index (χ3n) is 3.84. The number of ether oxygens (including phenoxy) is 2. The standard InChI is InChI=1S/C19H20FN5O2/c1-26-15-7-8-17(27-2)16(11-15)23-18-12-22-25-19(24-18)21-10-9-13-3-5-14(20)6-4-13/h3-8,11-12H,9-10H2,1-2H3,(H2,21,23,24,25). The molecule has 0 amide bonds. The Morgan fingerprint density at radius 2 is 1.85 bits per heavy atom. The first-order chi connectivity index (χ1) is 13.2. The number of nitrogens with zero attached hydrogens (tertiary/aromatic N) is 3. The molecule has 2 aromatic carbocycles. The fourth-order valence-corrected chi connectivity index (χ4v) is 2.46. The van der Waals surface area contributed by atoms with Crippen LogP contribution >= 0.6 is 0 Å². The second-order valence-corrected chi connectivity index (χ2v) is 5.66. The van der Waals surface area contributed by atoms with E-state index in [0.717, 1.165) is 5.56 Å². The zero-order valence-corrected chi connectivity index (χ0v) is 15.1. The number of hydrogen-bond donors (Lipinski definition) is 2. The smallest absolute Gasteiger partial charge is 0.244 e. The minimum Gasteiger partial charge on any atom is -0.497 e. The molecular weight excluding hydrogens is 349 g/mol. The Bertz CT molecular complexity index is 890. The SMILES string of the molecule is COc1ccc(OC)c(Nc2cnnc(NCCc3ccc(F)cc3)n2)c1. The summed E-state index contributed by atoms with van der Waals surface area (Å²) in [6.45, 7) is 0.596. The van der Waals surface area contributed by atoms with E-state index in [1.807, 2.05) is 12.1 Å². The first kappa shape index (κ1) is 18.4. The lowest BCUT2D eigenvalue weighted by Gasteiger charge is -2.12. The van der Waals surface area contributed by atoms with Crippen LogP contribution in [0.2, 0.25) is 0 Å². The summed E-state index contributed by atoms with van der Waals surface area (Å²) in [7, 11) is 3.19. The van der Waals surface area contributed by atoms with Gasteiger partial charge in [0.25, 0.3) is 0 Å². The zero-order valence-electron chi connectivity index (χ0n) is 15.1. The van der Waals surface area contributed by atoms with E-state index < -0.39 is 0 Å². The third kappa shape index (κ3) is 5.04. The molecule has 0 bridgehead atoms. The molecule has 0 radical (unpaired) electrons. The van der Waals surface area contributed by atoms with Gasteiger partial charge in [-0.25, -0.2) is 4.39 Å². The number of aromatic nitrogens is 3. The topological polar surface area (TPSA) is 81.2 Å². The van der Waals surface area contributed by atoms with Crippen molar-refractivity contribution < 1.29 is 13.9 Å². The number of methoxy groups -OCH3 is 2. The van der Waals surface area contributed by atoms with Gasteiger partial charge in [-0.2, -0.15) is 10.1 Å². The Morgan fingerprint density at radius 1 is 1.04 bits per heavy atom. The maximum Gasteiger partial charge on any atom is 0.244 e. The van der Waals surface area contributed by atoms with E-state index in [2.05, 4.69) is 25.8 Å². The number of benzene rings is 2. The van der Waals surface area contributed by atoms with Crippen LogP contribution in [0.3, 0.4) is 0 Å². The van der Waals surface area contributed by atoms with E-state index in [1.165, 1.54) is 18.3 Å². The van der Waals surface area contributed by atoms with Crippen molar-refractivity contribution in [3.63, 3.8) is 0 Å². The van der Waals surface area contributed by atoms with Gasteiger partial charge in [-0.1, -0.05) is 12.1 Å². The van der Waals surface area contributed by atoms with Gasteiger partial charge in [0.05, 0.1) is 26.1 Å². The largest absolute Gasteiger partial charge is 0.497 e. The van der Waals surface area contributed by atoms with Crippen molar-refractivity contribution in [1.82, 2.24) is 15.2 Å². The molecule has 0 saturated carbocycles. The number of anilines is 3. The molecule has 0 unspecified atom stereocenters. The number of hydrogen-bond acceptors (Lipinski definition) is 7. The Hall–Kier alpha value is -3.42. The first-order valence-electron chi connectivity index (χ1n) is 8.35. The number of nitrogens with one attached hydrogen (secondary N) is 2. The van der Waals surface area contributed by atoms with E-state index in [-0.39, 0.29) is 5.82 Å². The zero-order chi connectivity index (χ0) is 19.1. The summed E-state index contributed by atoms with van der Waals surface area (Å²) in [6.07, 6.45) is 2.23. The predicted octanol–water partition coefficient (Wildman–Crippen LogP) is 3.43. The van der Waals surface area contributed by atoms with Gasteiger partial charge in [-0.3, -0.25) is 0 Å². The molecule has 140 valence electrons. The highest BCUT2D eigenvalue weighted by Gasteiger charge is 2.08. The molecule has 27 heavy (non-hydrogen) atoms. The van der Waals surface area contributed by atoms with Crippen molar-refractivity contribution >= 4 is 17.5 Å². The summed E-state index contributed by atoms with van der Waals surface area (Å²) in [4.78, 5) is 4.39. The van der Waals surface area contributed by atoms with Gasteiger partial charge in [-0.05, 0) is 36.2 Å². The van der Waals surface area contributed by atoms with E-state index in [0.29, 0.717) is 41.9 Å². The number of halogens is 1. The van der Waals surface area contributed by atoms with E-state index >= 15 is 0 Å². The van der Waals surface area contributed by atoms with Crippen LogP contribution in [0.4, 0.5) is 21.8 Å². The molecule has 1 heterocycles. The minimum absolute atomic E-state index is 0.244. The van der Waals surface area contributed by atoms with Crippen molar-refractivity contribution in [2.45, 2.75) is 6.42 Å². The quantitative estimate of drug-likeness (QED) is 0.629. The molecule has 0 saturated heterocycles. The van der Waals surface area contributed by atoms with Crippen LogP contribution in [-0.4, -0.2) is 35.9 Å². The molecule has 0 aliphatic rings. The van der Waals surface area contributed by atoms with Crippen molar-refractivity contribution in [2.75, 3.05) is 31.4 Å². The normalized spacial score (nSPS) is 10.3. The van der Waals surface area contributed by atoms with Gasteiger partial charge in [0.2, 0.25) is 5.95 Å². The maximum absolute atomic E-state index is 12.9. The monoisotopic (exact) mass is 369 g/mol. The average Bonchev–Trinajstić information content (AvgIpc) is 2.70. The molecule has 3 aromatic rings. The van der Waals surface area contributed by atoms with Gasteiger partial charge in [0.1, 0.15) is 17.3 Å².